The predicted molar refractivity (Wildman–Crippen MR) is 68.6 cm³/mol. The number of ether oxygens (including phenoxy) is 1. The third kappa shape index (κ3) is 3.70. The van der Waals surface area contributed by atoms with Gasteiger partial charge in [0.1, 0.15) is 12.4 Å². The van der Waals surface area contributed by atoms with Crippen LogP contribution in [0.3, 0.4) is 0 Å². The summed E-state index contributed by atoms with van der Waals surface area (Å²) in [6.45, 7) is 8.66. The molecular weight excluding hydrogens is 198 g/mol. The van der Waals surface area contributed by atoms with Crippen LogP contribution in [0.15, 0.2) is 36.4 Å². The molecule has 0 heterocycles. The molecule has 1 aromatic carbocycles. The average molecular weight is 219 g/mol. The van der Waals surface area contributed by atoms with E-state index in [1.54, 1.807) is 0 Å². The van der Waals surface area contributed by atoms with E-state index in [0.717, 1.165) is 29.7 Å². The standard InChI is InChI=1S/C14H21NO/c1-4-11(3)10-16-13-8-6-12(7-9-13)14(15)5-2/h6-9,14H,3-5,10,15H2,1-2H3/t14-/m1/s1. The van der Waals surface area contributed by atoms with Crippen molar-refractivity contribution < 1.29 is 4.74 Å². The topological polar surface area (TPSA) is 35.2 Å². The van der Waals surface area contributed by atoms with Gasteiger partial charge in [-0.15, -0.1) is 0 Å². The molecule has 1 atom stereocenters. The first kappa shape index (κ1) is 12.8. The van der Waals surface area contributed by atoms with Crippen LogP contribution in [0.1, 0.15) is 38.3 Å². The SMILES string of the molecule is C=C(CC)COc1ccc([C@H](N)CC)cc1. The molecule has 0 spiro atoms. The zero-order chi connectivity index (χ0) is 12.0. The molecule has 0 saturated carbocycles. The van der Waals surface area contributed by atoms with Gasteiger partial charge in [-0.1, -0.05) is 32.6 Å². The summed E-state index contributed by atoms with van der Waals surface area (Å²) in [6, 6.07) is 8.11. The second-order valence-electron chi connectivity index (χ2n) is 3.98. The van der Waals surface area contributed by atoms with Crippen LogP contribution in [0.25, 0.3) is 0 Å². The molecule has 0 amide bonds. The normalized spacial score (nSPS) is 12.2. The van der Waals surface area contributed by atoms with Crippen LogP contribution < -0.4 is 10.5 Å². The summed E-state index contributed by atoms with van der Waals surface area (Å²) in [5.41, 5.74) is 8.20. The first-order valence-corrected chi connectivity index (χ1v) is 5.82. The lowest BCUT2D eigenvalue weighted by atomic mass is 10.1. The molecule has 88 valence electrons. The highest BCUT2D eigenvalue weighted by Crippen LogP contribution is 2.18. The minimum absolute atomic E-state index is 0.125. The number of hydrogen-bond donors (Lipinski definition) is 1. The van der Waals surface area contributed by atoms with Gasteiger partial charge in [-0.25, -0.2) is 0 Å². The molecule has 2 heteroatoms. The van der Waals surface area contributed by atoms with Crippen molar-refractivity contribution in [1.82, 2.24) is 0 Å². The fourth-order valence-electron chi connectivity index (χ4n) is 1.33. The molecule has 0 unspecified atom stereocenters. The van der Waals surface area contributed by atoms with Crippen molar-refractivity contribution in [1.29, 1.82) is 0 Å². The largest absolute Gasteiger partial charge is 0.489 e. The Morgan fingerprint density at radius 1 is 1.31 bits per heavy atom. The maximum absolute atomic E-state index is 5.93. The van der Waals surface area contributed by atoms with Gasteiger partial charge in [-0.3, -0.25) is 0 Å². The molecule has 0 fully saturated rings. The number of hydrogen-bond acceptors (Lipinski definition) is 2. The average Bonchev–Trinajstić information content (AvgIpc) is 2.35. The molecule has 0 aliphatic heterocycles. The zero-order valence-corrected chi connectivity index (χ0v) is 10.2. The van der Waals surface area contributed by atoms with Gasteiger partial charge in [-0.05, 0) is 36.1 Å². The van der Waals surface area contributed by atoms with Gasteiger partial charge in [0.25, 0.3) is 0 Å². The van der Waals surface area contributed by atoms with Crippen LogP contribution in [-0.2, 0) is 0 Å². The summed E-state index contributed by atoms with van der Waals surface area (Å²) in [7, 11) is 0. The molecule has 0 saturated heterocycles. The zero-order valence-electron chi connectivity index (χ0n) is 10.2. The minimum atomic E-state index is 0.125. The summed E-state index contributed by atoms with van der Waals surface area (Å²) >= 11 is 0. The molecule has 2 nitrogen and oxygen atoms in total. The van der Waals surface area contributed by atoms with Gasteiger partial charge in [0.15, 0.2) is 0 Å². The van der Waals surface area contributed by atoms with Crippen LogP contribution in [0.4, 0.5) is 0 Å². The van der Waals surface area contributed by atoms with E-state index in [1.807, 2.05) is 24.3 Å². The maximum Gasteiger partial charge on any atom is 0.119 e. The number of rotatable bonds is 6. The predicted octanol–water partition coefficient (Wildman–Crippen LogP) is 3.44. The maximum atomic E-state index is 5.93. The van der Waals surface area contributed by atoms with Gasteiger partial charge >= 0.3 is 0 Å². The Bertz CT molecular complexity index is 329. The number of benzene rings is 1. The Morgan fingerprint density at radius 3 is 2.44 bits per heavy atom. The van der Waals surface area contributed by atoms with Crippen molar-refractivity contribution in [2.24, 2.45) is 5.73 Å². The lowest BCUT2D eigenvalue weighted by Gasteiger charge is -2.11. The van der Waals surface area contributed by atoms with Crippen LogP contribution in [0.2, 0.25) is 0 Å². The van der Waals surface area contributed by atoms with E-state index in [4.69, 9.17) is 10.5 Å². The van der Waals surface area contributed by atoms with E-state index in [-0.39, 0.29) is 6.04 Å². The van der Waals surface area contributed by atoms with E-state index >= 15 is 0 Å². The van der Waals surface area contributed by atoms with E-state index in [1.165, 1.54) is 0 Å². The van der Waals surface area contributed by atoms with Gasteiger partial charge in [0.05, 0.1) is 0 Å². The second kappa shape index (κ2) is 6.33. The summed E-state index contributed by atoms with van der Waals surface area (Å²) < 4.78 is 5.59. The highest BCUT2D eigenvalue weighted by atomic mass is 16.5. The minimum Gasteiger partial charge on any atom is -0.489 e. The molecule has 0 bridgehead atoms. The molecule has 0 radical (unpaired) electrons. The third-order valence-electron chi connectivity index (χ3n) is 2.69. The first-order chi connectivity index (χ1) is 7.67. The highest BCUT2D eigenvalue weighted by molar-refractivity contribution is 5.29. The van der Waals surface area contributed by atoms with Crippen molar-refractivity contribution in [3.63, 3.8) is 0 Å². The van der Waals surface area contributed by atoms with Gasteiger partial charge in [-0.2, -0.15) is 0 Å². The van der Waals surface area contributed by atoms with E-state index in [9.17, 15) is 0 Å². The van der Waals surface area contributed by atoms with E-state index < -0.39 is 0 Å². The third-order valence-corrected chi connectivity index (χ3v) is 2.69. The monoisotopic (exact) mass is 219 g/mol. The summed E-state index contributed by atoms with van der Waals surface area (Å²) in [4.78, 5) is 0. The fraction of sp³-hybridized carbons (Fsp3) is 0.429. The van der Waals surface area contributed by atoms with Crippen molar-refractivity contribution in [2.75, 3.05) is 6.61 Å². The van der Waals surface area contributed by atoms with E-state index in [2.05, 4.69) is 20.4 Å². The van der Waals surface area contributed by atoms with Crippen molar-refractivity contribution in [3.8, 4) is 5.75 Å². The quantitative estimate of drug-likeness (QED) is 0.744. The smallest absolute Gasteiger partial charge is 0.119 e. The first-order valence-electron chi connectivity index (χ1n) is 5.82. The highest BCUT2D eigenvalue weighted by Gasteiger charge is 2.02. The van der Waals surface area contributed by atoms with Crippen LogP contribution >= 0.6 is 0 Å². The van der Waals surface area contributed by atoms with Crippen molar-refractivity contribution >= 4 is 0 Å². The summed E-state index contributed by atoms with van der Waals surface area (Å²) in [5.74, 6) is 0.877. The fourth-order valence-corrected chi connectivity index (χ4v) is 1.33. The Balaban J connectivity index is 2.54. The van der Waals surface area contributed by atoms with Crippen LogP contribution in [0, 0.1) is 0 Å². The lowest BCUT2D eigenvalue weighted by molar-refractivity contribution is 0.349. The second-order valence-corrected chi connectivity index (χ2v) is 3.98. The molecule has 1 aromatic rings. The van der Waals surface area contributed by atoms with E-state index in [0.29, 0.717) is 6.61 Å². The van der Waals surface area contributed by atoms with Crippen LogP contribution in [0.5, 0.6) is 5.75 Å². The van der Waals surface area contributed by atoms with Gasteiger partial charge < -0.3 is 10.5 Å². The molecule has 16 heavy (non-hydrogen) atoms. The molecule has 0 aliphatic carbocycles. The van der Waals surface area contributed by atoms with Crippen LogP contribution in [-0.4, -0.2) is 6.61 Å². The molecule has 2 N–H and O–H groups in total. The Kier molecular flexibility index (Phi) is 5.06. The summed E-state index contributed by atoms with van der Waals surface area (Å²) in [6.07, 6.45) is 1.91. The molecule has 0 aliphatic rings. The summed E-state index contributed by atoms with van der Waals surface area (Å²) in [5, 5.41) is 0. The Labute approximate surface area is 98.1 Å². The Morgan fingerprint density at radius 2 is 1.94 bits per heavy atom. The van der Waals surface area contributed by atoms with Crippen molar-refractivity contribution in [3.05, 3.63) is 42.0 Å². The Hall–Kier alpha value is -1.28. The molecule has 1 rings (SSSR count). The lowest BCUT2D eigenvalue weighted by Crippen LogP contribution is -2.08. The van der Waals surface area contributed by atoms with Gasteiger partial charge in [0, 0.05) is 6.04 Å². The molecule has 0 aromatic heterocycles. The molecular formula is C14H21NO. The van der Waals surface area contributed by atoms with Gasteiger partial charge in [0.2, 0.25) is 0 Å². The van der Waals surface area contributed by atoms with Crippen molar-refractivity contribution in [2.45, 2.75) is 32.7 Å². The number of nitrogens with two attached hydrogens (primary N) is 1.